The fourth-order valence-corrected chi connectivity index (χ4v) is 3.39. The van der Waals surface area contributed by atoms with Gasteiger partial charge in [-0.1, -0.05) is 43.5 Å². The molecule has 2 N–H and O–H groups in total. The van der Waals surface area contributed by atoms with Gasteiger partial charge in [-0.15, -0.1) is 0 Å². The standard InChI is InChI=1S/C22H28N2O2/c1-26-21-13-9-18(10-14-21)15-23-20-11-7-17(8-12-20)16-24-22(25)19-5-3-2-4-6-19/h7-14,19,23H,2-6,15-16H2,1H3,(H,24,25). The van der Waals surface area contributed by atoms with Gasteiger partial charge in [-0.3, -0.25) is 4.79 Å². The summed E-state index contributed by atoms with van der Waals surface area (Å²) < 4.78 is 5.17. The normalized spacial score (nSPS) is 14.7. The van der Waals surface area contributed by atoms with Crippen LogP contribution in [0.3, 0.4) is 0 Å². The second-order valence-corrected chi connectivity index (χ2v) is 6.95. The average Bonchev–Trinajstić information content (AvgIpc) is 2.72. The summed E-state index contributed by atoms with van der Waals surface area (Å²) in [5.41, 5.74) is 3.40. The minimum atomic E-state index is 0.214. The lowest BCUT2D eigenvalue weighted by atomic mass is 9.88. The molecule has 0 saturated heterocycles. The maximum Gasteiger partial charge on any atom is 0.223 e. The van der Waals surface area contributed by atoms with E-state index in [1.165, 1.54) is 24.8 Å². The van der Waals surface area contributed by atoms with Crippen molar-refractivity contribution in [1.29, 1.82) is 0 Å². The van der Waals surface area contributed by atoms with E-state index >= 15 is 0 Å². The van der Waals surface area contributed by atoms with Crippen LogP contribution in [0.4, 0.5) is 5.69 Å². The third kappa shape index (κ3) is 5.25. The van der Waals surface area contributed by atoms with Crippen molar-refractivity contribution in [1.82, 2.24) is 5.32 Å². The van der Waals surface area contributed by atoms with Crippen molar-refractivity contribution in [3.63, 3.8) is 0 Å². The van der Waals surface area contributed by atoms with Gasteiger partial charge in [0.2, 0.25) is 5.91 Å². The molecular formula is C22H28N2O2. The zero-order valence-corrected chi connectivity index (χ0v) is 15.5. The van der Waals surface area contributed by atoms with Gasteiger partial charge in [0.15, 0.2) is 0 Å². The molecule has 4 nitrogen and oxygen atoms in total. The first-order chi connectivity index (χ1) is 12.7. The van der Waals surface area contributed by atoms with Gasteiger partial charge in [-0.2, -0.15) is 0 Å². The molecule has 0 aliphatic heterocycles. The highest BCUT2D eigenvalue weighted by Gasteiger charge is 2.20. The van der Waals surface area contributed by atoms with E-state index in [0.717, 1.165) is 36.4 Å². The summed E-state index contributed by atoms with van der Waals surface area (Å²) in [5.74, 6) is 1.30. The fraction of sp³-hybridized carbons (Fsp3) is 0.409. The predicted octanol–water partition coefficient (Wildman–Crippen LogP) is 4.50. The number of hydrogen-bond acceptors (Lipinski definition) is 3. The molecule has 1 saturated carbocycles. The quantitative estimate of drug-likeness (QED) is 0.771. The highest BCUT2D eigenvalue weighted by atomic mass is 16.5. The molecule has 1 amide bonds. The van der Waals surface area contributed by atoms with Crippen molar-refractivity contribution in [2.45, 2.75) is 45.2 Å². The molecule has 1 aliphatic carbocycles. The van der Waals surface area contributed by atoms with Crippen LogP contribution in [0.2, 0.25) is 0 Å². The number of nitrogens with one attached hydrogen (secondary N) is 2. The van der Waals surface area contributed by atoms with E-state index in [0.29, 0.717) is 6.54 Å². The number of hydrogen-bond donors (Lipinski definition) is 2. The van der Waals surface area contributed by atoms with Crippen molar-refractivity contribution < 1.29 is 9.53 Å². The van der Waals surface area contributed by atoms with Crippen LogP contribution in [0.1, 0.15) is 43.2 Å². The van der Waals surface area contributed by atoms with Gasteiger partial charge < -0.3 is 15.4 Å². The van der Waals surface area contributed by atoms with E-state index in [9.17, 15) is 4.79 Å². The molecule has 1 fully saturated rings. The Hall–Kier alpha value is -2.49. The summed E-state index contributed by atoms with van der Waals surface area (Å²) in [4.78, 5) is 12.2. The van der Waals surface area contributed by atoms with Crippen LogP contribution < -0.4 is 15.4 Å². The minimum Gasteiger partial charge on any atom is -0.497 e. The second-order valence-electron chi connectivity index (χ2n) is 6.95. The van der Waals surface area contributed by atoms with Crippen LogP contribution in [0.15, 0.2) is 48.5 Å². The predicted molar refractivity (Wildman–Crippen MR) is 105 cm³/mol. The van der Waals surface area contributed by atoms with E-state index in [1.807, 2.05) is 12.1 Å². The SMILES string of the molecule is COc1ccc(CNc2ccc(CNC(=O)C3CCCCC3)cc2)cc1. The molecule has 4 heteroatoms. The number of anilines is 1. The number of carbonyl (C=O) groups is 1. The van der Waals surface area contributed by atoms with E-state index in [-0.39, 0.29) is 11.8 Å². The number of ether oxygens (including phenoxy) is 1. The average molecular weight is 352 g/mol. The molecule has 0 spiro atoms. The molecule has 3 rings (SSSR count). The van der Waals surface area contributed by atoms with Gasteiger partial charge in [0.05, 0.1) is 7.11 Å². The number of benzene rings is 2. The molecule has 26 heavy (non-hydrogen) atoms. The minimum absolute atomic E-state index is 0.214. The molecule has 2 aromatic carbocycles. The number of carbonyl (C=O) groups excluding carboxylic acids is 1. The van der Waals surface area contributed by atoms with Crippen molar-refractivity contribution in [2.75, 3.05) is 12.4 Å². The van der Waals surface area contributed by atoms with Crippen LogP contribution in [0.25, 0.3) is 0 Å². The van der Waals surface area contributed by atoms with Crippen LogP contribution in [-0.4, -0.2) is 13.0 Å². The third-order valence-corrected chi connectivity index (χ3v) is 5.05. The Morgan fingerprint density at radius 1 is 0.923 bits per heavy atom. The summed E-state index contributed by atoms with van der Waals surface area (Å²) in [5, 5.41) is 6.50. The smallest absolute Gasteiger partial charge is 0.223 e. The van der Waals surface area contributed by atoms with Gasteiger partial charge in [0.25, 0.3) is 0 Å². The molecule has 0 heterocycles. The summed E-state index contributed by atoms with van der Waals surface area (Å²) in [7, 11) is 1.67. The molecule has 0 unspecified atom stereocenters. The van der Waals surface area contributed by atoms with Gasteiger partial charge in [-0.05, 0) is 48.2 Å². The summed E-state index contributed by atoms with van der Waals surface area (Å²) in [6, 6.07) is 16.3. The highest BCUT2D eigenvalue weighted by molar-refractivity contribution is 5.78. The molecule has 0 aromatic heterocycles. The Balaban J connectivity index is 1.44. The summed E-state index contributed by atoms with van der Waals surface area (Å²) in [6.45, 7) is 1.37. The Morgan fingerprint density at radius 3 is 2.19 bits per heavy atom. The maximum atomic E-state index is 12.2. The zero-order valence-electron chi connectivity index (χ0n) is 15.5. The van der Waals surface area contributed by atoms with Crippen LogP contribution in [0, 0.1) is 5.92 Å². The highest BCUT2D eigenvalue weighted by Crippen LogP contribution is 2.23. The third-order valence-electron chi connectivity index (χ3n) is 5.05. The van der Waals surface area contributed by atoms with Crippen LogP contribution >= 0.6 is 0 Å². The first kappa shape index (κ1) is 18.3. The topological polar surface area (TPSA) is 50.4 Å². The monoisotopic (exact) mass is 352 g/mol. The molecule has 138 valence electrons. The largest absolute Gasteiger partial charge is 0.497 e. The van der Waals surface area contributed by atoms with Gasteiger partial charge in [0, 0.05) is 24.7 Å². The van der Waals surface area contributed by atoms with Crippen molar-refractivity contribution in [3.8, 4) is 5.75 Å². The lowest BCUT2D eigenvalue weighted by molar-refractivity contribution is -0.126. The zero-order chi connectivity index (χ0) is 18.2. The van der Waals surface area contributed by atoms with Gasteiger partial charge >= 0.3 is 0 Å². The van der Waals surface area contributed by atoms with Gasteiger partial charge in [0.1, 0.15) is 5.75 Å². The molecule has 1 aliphatic rings. The van der Waals surface area contributed by atoms with Crippen molar-refractivity contribution >= 4 is 11.6 Å². The first-order valence-electron chi connectivity index (χ1n) is 9.48. The molecular weight excluding hydrogens is 324 g/mol. The van der Waals surface area contributed by atoms with E-state index < -0.39 is 0 Å². The van der Waals surface area contributed by atoms with E-state index in [2.05, 4.69) is 47.0 Å². The Labute approximate surface area is 156 Å². The van der Waals surface area contributed by atoms with Crippen molar-refractivity contribution in [3.05, 3.63) is 59.7 Å². The second kappa shape index (κ2) is 9.27. The Morgan fingerprint density at radius 2 is 1.54 bits per heavy atom. The first-order valence-corrected chi connectivity index (χ1v) is 9.48. The van der Waals surface area contributed by atoms with E-state index in [1.54, 1.807) is 7.11 Å². The number of amides is 1. The molecule has 0 bridgehead atoms. The Kier molecular flexibility index (Phi) is 6.53. The number of methoxy groups -OCH3 is 1. The summed E-state index contributed by atoms with van der Waals surface area (Å²) in [6.07, 6.45) is 5.73. The lowest BCUT2D eigenvalue weighted by Gasteiger charge is -2.20. The van der Waals surface area contributed by atoms with Crippen LogP contribution in [0.5, 0.6) is 5.75 Å². The lowest BCUT2D eigenvalue weighted by Crippen LogP contribution is -2.31. The molecule has 2 aromatic rings. The molecule has 0 radical (unpaired) electrons. The van der Waals surface area contributed by atoms with E-state index in [4.69, 9.17) is 4.74 Å². The fourth-order valence-electron chi connectivity index (χ4n) is 3.39. The Bertz CT molecular complexity index is 689. The number of rotatable bonds is 7. The van der Waals surface area contributed by atoms with Crippen molar-refractivity contribution in [2.24, 2.45) is 5.92 Å². The molecule has 0 atom stereocenters. The summed E-state index contributed by atoms with van der Waals surface area (Å²) >= 11 is 0. The van der Waals surface area contributed by atoms with Crippen LogP contribution in [-0.2, 0) is 17.9 Å². The maximum absolute atomic E-state index is 12.2. The van der Waals surface area contributed by atoms with Gasteiger partial charge in [-0.25, -0.2) is 0 Å².